The summed E-state index contributed by atoms with van der Waals surface area (Å²) < 4.78 is 6.29. The van der Waals surface area contributed by atoms with E-state index in [0.29, 0.717) is 22.3 Å². The molecule has 268 valence electrons. The van der Waals surface area contributed by atoms with E-state index in [1.54, 1.807) is 0 Å². The van der Waals surface area contributed by atoms with Crippen molar-refractivity contribution in [1.82, 2.24) is 20.9 Å². The van der Waals surface area contributed by atoms with E-state index in [0.717, 1.165) is 38.6 Å². The minimum Gasteiger partial charge on any atom is -0.376 e. The van der Waals surface area contributed by atoms with Crippen LogP contribution in [-0.4, -0.2) is 72.0 Å². The van der Waals surface area contributed by atoms with E-state index in [4.69, 9.17) is 4.74 Å². The molecule has 5 heteroatoms. The van der Waals surface area contributed by atoms with Crippen LogP contribution in [0, 0.1) is 16.2 Å². The van der Waals surface area contributed by atoms with Gasteiger partial charge in [0.25, 0.3) is 0 Å². The standard InChI is InChI=1S/C40H82N4O/c1-34(2,3)40(15)23-27-44(28-24-40)33-30-32(31-33)43-38(11,12)21-20-37(9,10)42-25-16-18-36(7,8)19-22-39(13,14)45-29-17-26-41-35(4,5)6/h32-33,41-43H,16-31H2,1-15H3. The minimum atomic E-state index is -0.0533. The second-order valence-corrected chi connectivity index (χ2v) is 20.4. The molecule has 1 saturated carbocycles. The van der Waals surface area contributed by atoms with Crippen LogP contribution in [0.5, 0.6) is 0 Å². The summed E-state index contributed by atoms with van der Waals surface area (Å²) >= 11 is 0. The Hall–Kier alpha value is -0.200. The second kappa shape index (κ2) is 16.0. The molecule has 2 fully saturated rings. The molecule has 0 unspecified atom stereocenters. The molecule has 0 aromatic rings. The third kappa shape index (κ3) is 15.3. The molecule has 0 aromatic heterocycles. The van der Waals surface area contributed by atoms with E-state index in [2.05, 4.69) is 125 Å². The highest BCUT2D eigenvalue weighted by molar-refractivity contribution is 4.99. The van der Waals surface area contributed by atoms with Gasteiger partial charge in [-0.15, -0.1) is 0 Å². The predicted molar refractivity (Wildman–Crippen MR) is 198 cm³/mol. The first-order valence-electron chi connectivity index (χ1n) is 19.0. The van der Waals surface area contributed by atoms with Gasteiger partial charge in [-0.2, -0.15) is 0 Å². The highest BCUT2D eigenvalue weighted by atomic mass is 16.5. The third-order valence-electron chi connectivity index (χ3n) is 11.8. The van der Waals surface area contributed by atoms with Gasteiger partial charge in [-0.3, -0.25) is 0 Å². The molecule has 2 rings (SSSR count). The number of hydrogen-bond donors (Lipinski definition) is 3. The number of likely N-dealkylation sites (tertiary alicyclic amines) is 1. The summed E-state index contributed by atoms with van der Waals surface area (Å²) in [4.78, 5) is 2.80. The quantitative estimate of drug-likeness (QED) is 0.124. The molecule has 1 aliphatic carbocycles. The highest BCUT2D eigenvalue weighted by Gasteiger charge is 2.43. The topological polar surface area (TPSA) is 48.6 Å². The fourth-order valence-corrected chi connectivity index (χ4v) is 7.19. The summed E-state index contributed by atoms with van der Waals surface area (Å²) in [6, 6.07) is 1.48. The molecule has 5 nitrogen and oxygen atoms in total. The molecule has 1 heterocycles. The molecule has 0 atom stereocenters. The fourth-order valence-electron chi connectivity index (χ4n) is 7.19. The molecular weight excluding hydrogens is 552 g/mol. The largest absolute Gasteiger partial charge is 0.376 e. The summed E-state index contributed by atoms with van der Waals surface area (Å²) in [5.74, 6) is 0. The van der Waals surface area contributed by atoms with Gasteiger partial charge in [-0.1, -0.05) is 41.5 Å². The number of ether oxygens (including phenoxy) is 1. The SMILES string of the molecule is CC(C)(CCCNC(C)(C)CCC(C)(C)NC1CC(N2CCC(C)(C(C)(C)C)CC2)C1)CCC(C)(C)OCCCNC(C)(C)C. The molecule has 0 radical (unpaired) electrons. The van der Waals surface area contributed by atoms with Gasteiger partial charge in [0.05, 0.1) is 5.60 Å². The first-order valence-corrected chi connectivity index (χ1v) is 19.0. The van der Waals surface area contributed by atoms with E-state index in [1.807, 2.05) is 0 Å². The second-order valence-electron chi connectivity index (χ2n) is 20.4. The highest BCUT2D eigenvalue weighted by Crippen LogP contribution is 2.47. The van der Waals surface area contributed by atoms with Crippen molar-refractivity contribution in [3.05, 3.63) is 0 Å². The zero-order chi connectivity index (χ0) is 34.4. The van der Waals surface area contributed by atoms with Gasteiger partial charge < -0.3 is 25.6 Å². The van der Waals surface area contributed by atoms with Crippen molar-refractivity contribution >= 4 is 0 Å². The van der Waals surface area contributed by atoms with Crippen LogP contribution >= 0.6 is 0 Å². The monoisotopic (exact) mass is 635 g/mol. The molecular formula is C40H82N4O. The fraction of sp³-hybridized carbons (Fsp3) is 1.00. The lowest BCUT2D eigenvalue weighted by atomic mass is 9.62. The maximum Gasteiger partial charge on any atom is 0.0626 e. The average molecular weight is 635 g/mol. The van der Waals surface area contributed by atoms with Crippen LogP contribution in [0.1, 0.15) is 174 Å². The van der Waals surface area contributed by atoms with Gasteiger partial charge in [-0.25, -0.2) is 0 Å². The molecule has 2 aliphatic rings. The van der Waals surface area contributed by atoms with Crippen LogP contribution in [0.3, 0.4) is 0 Å². The maximum absolute atomic E-state index is 6.29. The summed E-state index contributed by atoms with van der Waals surface area (Å²) in [5.41, 5.74) is 1.70. The van der Waals surface area contributed by atoms with Crippen molar-refractivity contribution in [3.8, 4) is 0 Å². The van der Waals surface area contributed by atoms with Crippen LogP contribution in [0.2, 0.25) is 0 Å². The Morgan fingerprint density at radius 1 is 0.667 bits per heavy atom. The van der Waals surface area contributed by atoms with Crippen molar-refractivity contribution < 1.29 is 4.74 Å². The van der Waals surface area contributed by atoms with E-state index >= 15 is 0 Å². The molecule has 0 aromatic carbocycles. The molecule has 1 saturated heterocycles. The minimum absolute atomic E-state index is 0.0533. The van der Waals surface area contributed by atoms with Crippen molar-refractivity contribution in [2.75, 3.05) is 32.8 Å². The summed E-state index contributed by atoms with van der Waals surface area (Å²) in [5, 5.41) is 11.5. The first kappa shape index (κ1) is 41.0. The lowest BCUT2D eigenvalue weighted by molar-refractivity contribution is -0.0320. The molecule has 1 aliphatic heterocycles. The Kier molecular flexibility index (Phi) is 14.6. The van der Waals surface area contributed by atoms with Crippen LogP contribution in [0.15, 0.2) is 0 Å². The van der Waals surface area contributed by atoms with Gasteiger partial charge in [0.15, 0.2) is 0 Å². The van der Waals surface area contributed by atoms with Crippen LogP contribution in [0.25, 0.3) is 0 Å². The van der Waals surface area contributed by atoms with Crippen molar-refractivity contribution in [2.45, 2.75) is 209 Å². The number of nitrogens with one attached hydrogen (secondary N) is 3. The molecule has 45 heavy (non-hydrogen) atoms. The lowest BCUT2D eigenvalue weighted by Crippen LogP contribution is -2.59. The number of nitrogens with zero attached hydrogens (tertiary/aromatic N) is 1. The number of piperidine rings is 1. The Balaban J connectivity index is 1.60. The first-order chi connectivity index (χ1) is 20.3. The normalized spacial score (nSPS) is 22.5. The molecule has 3 N–H and O–H groups in total. The van der Waals surface area contributed by atoms with Gasteiger partial charge >= 0.3 is 0 Å². The van der Waals surface area contributed by atoms with E-state index in [9.17, 15) is 0 Å². The maximum atomic E-state index is 6.29. The van der Waals surface area contributed by atoms with Gasteiger partial charge in [0.2, 0.25) is 0 Å². The van der Waals surface area contributed by atoms with Gasteiger partial charge in [0.1, 0.15) is 0 Å². The Morgan fingerprint density at radius 2 is 1.22 bits per heavy atom. The third-order valence-corrected chi connectivity index (χ3v) is 11.8. The van der Waals surface area contributed by atoms with E-state index < -0.39 is 0 Å². The summed E-state index contributed by atoms with van der Waals surface area (Å²) in [6.45, 7) is 41.0. The molecule has 0 amide bonds. The summed E-state index contributed by atoms with van der Waals surface area (Å²) in [6.07, 6.45) is 13.6. The van der Waals surface area contributed by atoms with E-state index in [-0.39, 0.29) is 22.2 Å². The Labute approximate surface area is 282 Å². The average Bonchev–Trinajstić information content (AvgIpc) is 2.86. The predicted octanol–water partition coefficient (Wildman–Crippen LogP) is 9.34. The van der Waals surface area contributed by atoms with Crippen LogP contribution in [-0.2, 0) is 4.74 Å². The smallest absolute Gasteiger partial charge is 0.0626 e. The van der Waals surface area contributed by atoms with E-state index in [1.165, 1.54) is 70.9 Å². The Bertz CT molecular complexity index is 849. The Morgan fingerprint density at radius 3 is 1.78 bits per heavy atom. The summed E-state index contributed by atoms with van der Waals surface area (Å²) in [7, 11) is 0. The number of rotatable bonds is 19. The van der Waals surface area contributed by atoms with Crippen LogP contribution < -0.4 is 16.0 Å². The number of hydrogen-bond acceptors (Lipinski definition) is 5. The van der Waals surface area contributed by atoms with Crippen LogP contribution in [0.4, 0.5) is 0 Å². The van der Waals surface area contributed by atoms with Crippen molar-refractivity contribution in [1.29, 1.82) is 0 Å². The van der Waals surface area contributed by atoms with Crippen molar-refractivity contribution in [2.24, 2.45) is 16.2 Å². The zero-order valence-electron chi connectivity index (χ0n) is 33.3. The molecule has 0 bridgehead atoms. The zero-order valence-corrected chi connectivity index (χ0v) is 33.3. The van der Waals surface area contributed by atoms with Gasteiger partial charge in [-0.05, 0) is 175 Å². The van der Waals surface area contributed by atoms with Crippen molar-refractivity contribution in [3.63, 3.8) is 0 Å². The lowest BCUT2D eigenvalue weighted by Gasteiger charge is -2.53. The van der Waals surface area contributed by atoms with Gasteiger partial charge in [0, 0.05) is 35.3 Å². The molecule has 0 spiro atoms.